The molecule has 1 aromatic rings. The Balaban J connectivity index is 2.03. The molecule has 6 nitrogen and oxygen atoms in total. The molecule has 1 aromatic heterocycles. The largest absolute Gasteiger partial charge is 0.362 e. The van der Waals surface area contributed by atoms with Crippen LogP contribution in [0.5, 0.6) is 0 Å². The molecule has 0 aromatic carbocycles. The number of anilines is 1. The molecule has 0 radical (unpaired) electrons. The quantitative estimate of drug-likeness (QED) is 0.590. The van der Waals surface area contributed by atoms with Gasteiger partial charge in [0.25, 0.3) is 0 Å². The highest BCUT2D eigenvalue weighted by atomic mass is 16.6. The lowest BCUT2D eigenvalue weighted by Gasteiger charge is -2.22. The van der Waals surface area contributed by atoms with Gasteiger partial charge in [-0.3, -0.25) is 15.2 Å². The number of nitro groups is 1. The highest BCUT2D eigenvalue weighted by molar-refractivity contribution is 5.54. The van der Waals surface area contributed by atoms with E-state index >= 15 is 0 Å². The lowest BCUT2D eigenvalue weighted by atomic mass is 9.95. The number of hydrogen-bond acceptors (Lipinski definition) is 4. The van der Waals surface area contributed by atoms with Crippen molar-refractivity contribution >= 4 is 11.5 Å². The summed E-state index contributed by atoms with van der Waals surface area (Å²) < 4.78 is 0. The molecule has 1 aliphatic carbocycles. The van der Waals surface area contributed by atoms with E-state index in [9.17, 15) is 10.1 Å². The molecule has 0 saturated heterocycles. The van der Waals surface area contributed by atoms with E-state index < -0.39 is 4.92 Å². The molecule has 0 atom stereocenters. The summed E-state index contributed by atoms with van der Waals surface area (Å²) >= 11 is 0. The van der Waals surface area contributed by atoms with Crippen molar-refractivity contribution in [3.05, 3.63) is 16.3 Å². The van der Waals surface area contributed by atoms with Crippen molar-refractivity contribution in [1.29, 1.82) is 0 Å². The predicted molar refractivity (Wildman–Crippen MR) is 55.7 cm³/mol. The number of nitrogens with zero attached hydrogens (tertiary/aromatic N) is 2. The first kappa shape index (κ1) is 9.95. The molecule has 2 N–H and O–H groups in total. The summed E-state index contributed by atoms with van der Waals surface area (Å²) in [5.74, 6) is 0.437. The van der Waals surface area contributed by atoms with Gasteiger partial charge in [-0.15, -0.1) is 0 Å². The zero-order valence-corrected chi connectivity index (χ0v) is 8.40. The molecular weight excluding hydrogens is 196 g/mol. The van der Waals surface area contributed by atoms with Crippen LogP contribution in [0.25, 0.3) is 0 Å². The lowest BCUT2D eigenvalue weighted by molar-refractivity contribution is -0.384. The van der Waals surface area contributed by atoms with Gasteiger partial charge in [0.15, 0.2) is 0 Å². The van der Waals surface area contributed by atoms with Gasteiger partial charge in [-0.2, -0.15) is 5.10 Å². The fourth-order valence-corrected chi connectivity index (χ4v) is 1.98. The van der Waals surface area contributed by atoms with Gasteiger partial charge in [-0.05, 0) is 12.8 Å². The smallest absolute Gasteiger partial charge is 0.330 e. The Bertz CT molecular complexity index is 344. The molecule has 1 heterocycles. The minimum atomic E-state index is -0.422. The van der Waals surface area contributed by atoms with Gasteiger partial charge in [0.1, 0.15) is 6.20 Å². The lowest BCUT2D eigenvalue weighted by Crippen LogP contribution is -2.22. The summed E-state index contributed by atoms with van der Waals surface area (Å²) in [4.78, 5) is 10.2. The average Bonchev–Trinajstić information content (AvgIpc) is 2.67. The van der Waals surface area contributed by atoms with Crippen molar-refractivity contribution in [2.45, 2.75) is 38.1 Å². The summed E-state index contributed by atoms with van der Waals surface area (Å²) in [6, 6.07) is 0.345. The molecule has 1 aliphatic rings. The summed E-state index contributed by atoms with van der Waals surface area (Å²) in [6.07, 6.45) is 7.06. The van der Waals surface area contributed by atoms with Gasteiger partial charge in [-0.25, -0.2) is 0 Å². The number of aromatic amines is 1. The van der Waals surface area contributed by atoms with Gasteiger partial charge < -0.3 is 5.32 Å². The van der Waals surface area contributed by atoms with E-state index in [4.69, 9.17) is 0 Å². The van der Waals surface area contributed by atoms with Crippen LogP contribution in [0.4, 0.5) is 11.5 Å². The number of aromatic nitrogens is 2. The fraction of sp³-hybridized carbons (Fsp3) is 0.667. The topological polar surface area (TPSA) is 83.8 Å². The van der Waals surface area contributed by atoms with Crippen molar-refractivity contribution in [2.75, 3.05) is 5.32 Å². The maximum Gasteiger partial charge on any atom is 0.330 e. The van der Waals surface area contributed by atoms with E-state index in [2.05, 4.69) is 15.5 Å². The summed E-state index contributed by atoms with van der Waals surface area (Å²) in [5, 5.41) is 20.1. The first-order valence-electron chi connectivity index (χ1n) is 5.21. The fourth-order valence-electron chi connectivity index (χ4n) is 1.98. The Morgan fingerprint density at radius 2 is 2.20 bits per heavy atom. The van der Waals surface area contributed by atoms with Crippen LogP contribution in [0.1, 0.15) is 32.1 Å². The molecule has 82 valence electrons. The van der Waals surface area contributed by atoms with Crippen LogP contribution in [0.2, 0.25) is 0 Å². The second-order valence-electron chi connectivity index (χ2n) is 3.87. The van der Waals surface area contributed by atoms with E-state index in [-0.39, 0.29) is 5.69 Å². The maximum absolute atomic E-state index is 10.6. The van der Waals surface area contributed by atoms with E-state index in [1.165, 1.54) is 25.5 Å². The molecule has 0 unspecified atom stereocenters. The summed E-state index contributed by atoms with van der Waals surface area (Å²) in [5.41, 5.74) is 0.0283. The molecule has 1 fully saturated rings. The Morgan fingerprint density at radius 3 is 2.87 bits per heavy atom. The molecular formula is C9H14N4O2. The van der Waals surface area contributed by atoms with Crippen LogP contribution < -0.4 is 5.32 Å². The van der Waals surface area contributed by atoms with Gasteiger partial charge in [0.2, 0.25) is 5.82 Å². The van der Waals surface area contributed by atoms with E-state index in [1.807, 2.05) is 0 Å². The van der Waals surface area contributed by atoms with E-state index in [0.29, 0.717) is 11.9 Å². The van der Waals surface area contributed by atoms with Crippen molar-refractivity contribution in [3.8, 4) is 0 Å². The first-order chi connectivity index (χ1) is 7.27. The number of rotatable bonds is 3. The zero-order valence-electron chi connectivity index (χ0n) is 8.40. The normalized spacial score (nSPS) is 17.6. The number of hydrogen-bond donors (Lipinski definition) is 2. The highest BCUT2D eigenvalue weighted by Crippen LogP contribution is 2.25. The van der Waals surface area contributed by atoms with Crippen LogP contribution in [-0.2, 0) is 0 Å². The summed E-state index contributed by atoms with van der Waals surface area (Å²) in [6.45, 7) is 0. The molecule has 1 saturated carbocycles. The van der Waals surface area contributed by atoms with Gasteiger partial charge in [0, 0.05) is 6.04 Å². The summed E-state index contributed by atoms with van der Waals surface area (Å²) in [7, 11) is 0. The van der Waals surface area contributed by atoms with Crippen molar-refractivity contribution in [1.82, 2.24) is 10.2 Å². The molecule has 15 heavy (non-hydrogen) atoms. The maximum atomic E-state index is 10.6. The van der Waals surface area contributed by atoms with Gasteiger partial charge >= 0.3 is 5.69 Å². The second kappa shape index (κ2) is 4.29. The Kier molecular flexibility index (Phi) is 2.84. The van der Waals surface area contributed by atoms with Crippen LogP contribution in [0, 0.1) is 10.1 Å². The SMILES string of the molecule is O=[N+]([O-])c1cn[nH]c1NC1CCCCC1. The van der Waals surface area contributed by atoms with Gasteiger partial charge in [0.05, 0.1) is 4.92 Å². The standard InChI is InChI=1S/C9H14N4O2/c14-13(15)8-6-10-12-9(8)11-7-4-2-1-3-5-7/h6-7H,1-5H2,(H2,10,11,12). The minimum Gasteiger partial charge on any atom is -0.362 e. The van der Waals surface area contributed by atoms with Crippen LogP contribution in [-0.4, -0.2) is 21.2 Å². The van der Waals surface area contributed by atoms with Crippen molar-refractivity contribution < 1.29 is 4.92 Å². The van der Waals surface area contributed by atoms with Crippen LogP contribution in [0.3, 0.4) is 0 Å². The average molecular weight is 210 g/mol. The molecule has 0 spiro atoms. The van der Waals surface area contributed by atoms with Crippen LogP contribution in [0.15, 0.2) is 6.20 Å². The van der Waals surface area contributed by atoms with Crippen LogP contribution >= 0.6 is 0 Å². The third kappa shape index (κ3) is 2.26. The molecule has 0 bridgehead atoms. The van der Waals surface area contributed by atoms with E-state index in [1.54, 1.807) is 0 Å². The van der Waals surface area contributed by atoms with Gasteiger partial charge in [-0.1, -0.05) is 19.3 Å². The molecule has 2 rings (SSSR count). The Morgan fingerprint density at radius 1 is 1.47 bits per heavy atom. The number of nitrogens with one attached hydrogen (secondary N) is 2. The molecule has 6 heteroatoms. The van der Waals surface area contributed by atoms with Crippen molar-refractivity contribution in [3.63, 3.8) is 0 Å². The van der Waals surface area contributed by atoms with Crippen molar-refractivity contribution in [2.24, 2.45) is 0 Å². The third-order valence-electron chi connectivity index (χ3n) is 2.77. The first-order valence-corrected chi connectivity index (χ1v) is 5.21. The third-order valence-corrected chi connectivity index (χ3v) is 2.77. The Labute approximate surface area is 87.2 Å². The number of H-pyrrole nitrogens is 1. The molecule has 0 aliphatic heterocycles. The second-order valence-corrected chi connectivity index (χ2v) is 3.87. The minimum absolute atomic E-state index is 0.0283. The Hall–Kier alpha value is -1.59. The van der Waals surface area contributed by atoms with E-state index in [0.717, 1.165) is 12.8 Å². The monoisotopic (exact) mass is 210 g/mol. The predicted octanol–water partition coefficient (Wildman–Crippen LogP) is 2.06. The molecule has 0 amide bonds. The zero-order chi connectivity index (χ0) is 10.7. The highest BCUT2D eigenvalue weighted by Gasteiger charge is 2.20.